The molecule has 1 aromatic heterocycles. The number of anilines is 4. The lowest BCUT2D eigenvalue weighted by atomic mass is 9.90. The van der Waals surface area contributed by atoms with Gasteiger partial charge in [0.25, 0.3) is 5.91 Å². The number of imide groups is 1. The van der Waals surface area contributed by atoms with Gasteiger partial charge in [0.05, 0.1) is 24.9 Å². The molecule has 314 valence electrons. The summed E-state index contributed by atoms with van der Waals surface area (Å²) in [6.07, 6.45) is 12.9. The fourth-order valence-electron chi connectivity index (χ4n) is 9.90. The van der Waals surface area contributed by atoms with Crippen molar-refractivity contribution >= 4 is 46.8 Å². The second-order valence-electron chi connectivity index (χ2n) is 17.0. The maximum Gasteiger partial charge on any atom is 0.251 e. The lowest BCUT2D eigenvalue weighted by Gasteiger charge is -2.43. The molecule has 4 aliphatic heterocycles. The summed E-state index contributed by atoms with van der Waals surface area (Å²) in [5.74, 6) is 1.07. The van der Waals surface area contributed by atoms with Crippen LogP contribution in [0.15, 0.2) is 48.7 Å². The van der Waals surface area contributed by atoms with Gasteiger partial charge in [-0.2, -0.15) is 4.98 Å². The van der Waals surface area contributed by atoms with E-state index < -0.39 is 0 Å². The number of carbonyl (C=O) groups excluding carboxylic acids is 4. The number of piperidine rings is 3. The third-order valence-electron chi connectivity index (χ3n) is 13.4. The van der Waals surface area contributed by atoms with Gasteiger partial charge in [-0.15, -0.1) is 0 Å². The number of likely N-dealkylation sites (tertiary alicyclic amines) is 2. The van der Waals surface area contributed by atoms with Gasteiger partial charge in [-0.3, -0.25) is 24.5 Å². The van der Waals surface area contributed by atoms with Crippen molar-refractivity contribution in [2.75, 3.05) is 62.0 Å². The molecular formula is C45H59N9O5. The Morgan fingerprint density at radius 3 is 2.36 bits per heavy atom. The number of carbonyl (C=O) groups is 4. The SMILES string of the molecule is CC[C@@H]1C(=O)N(C)c2cnc(Nc3ccc(C(=O)NC4CCN(C5CCN(CCc6ccc(C7CCC(=O)NC7=O)cc6)CC5)CC4)cc3OC)nc2N1C1CCCC1. The molecule has 3 saturated heterocycles. The standard InChI is InChI=1S/C45H59N9O5/c1-4-37-44(58)51(2)38-28-46-45(50-41(38)54(37)34-7-5-6-8-34)48-36-15-13-31(27-39(36)59-3)42(56)47-32-18-25-53(26-19-32)33-20-23-52(24-21-33)22-17-29-9-11-30(12-10-29)35-14-16-40(55)49-43(35)57/h9-13,15,27-28,32-35,37H,4-8,14,16-26H2,1-3H3,(H,47,56)(H,46,48,50)(H,49,55,57)/t35?,37-/m1/s1. The predicted molar refractivity (Wildman–Crippen MR) is 227 cm³/mol. The molecule has 1 unspecified atom stereocenters. The van der Waals surface area contributed by atoms with Crippen molar-refractivity contribution in [3.8, 4) is 5.75 Å². The molecule has 0 bridgehead atoms. The van der Waals surface area contributed by atoms with Crippen LogP contribution >= 0.6 is 0 Å². The molecule has 0 radical (unpaired) electrons. The molecule has 1 aliphatic carbocycles. The van der Waals surface area contributed by atoms with E-state index in [1.54, 1.807) is 31.3 Å². The Bertz CT molecular complexity index is 2000. The molecule has 14 nitrogen and oxygen atoms in total. The summed E-state index contributed by atoms with van der Waals surface area (Å²) < 4.78 is 5.74. The van der Waals surface area contributed by atoms with Gasteiger partial charge >= 0.3 is 0 Å². The molecule has 14 heteroatoms. The van der Waals surface area contributed by atoms with Crippen LogP contribution in [0.25, 0.3) is 0 Å². The number of benzene rings is 2. The number of hydrogen-bond acceptors (Lipinski definition) is 11. The summed E-state index contributed by atoms with van der Waals surface area (Å²) in [7, 11) is 3.39. The average Bonchev–Trinajstić information content (AvgIpc) is 3.80. The lowest BCUT2D eigenvalue weighted by Crippen LogP contribution is -2.55. The van der Waals surface area contributed by atoms with Crippen LogP contribution in [-0.4, -0.2) is 114 Å². The van der Waals surface area contributed by atoms with Crippen LogP contribution in [0.1, 0.15) is 105 Å². The van der Waals surface area contributed by atoms with Crippen LogP contribution in [0.3, 0.4) is 0 Å². The minimum absolute atomic E-state index is 0.0802. The molecule has 3 aromatic rings. The van der Waals surface area contributed by atoms with E-state index >= 15 is 0 Å². The largest absolute Gasteiger partial charge is 0.495 e. The molecule has 2 atom stereocenters. The highest BCUT2D eigenvalue weighted by Gasteiger charge is 2.41. The number of nitrogens with zero attached hydrogens (tertiary/aromatic N) is 6. The Labute approximate surface area is 347 Å². The molecule has 2 aromatic carbocycles. The summed E-state index contributed by atoms with van der Waals surface area (Å²) in [6, 6.07) is 14.5. The average molecular weight is 806 g/mol. The second-order valence-corrected chi connectivity index (χ2v) is 17.0. The normalized spacial score (nSPS) is 22.7. The number of aromatic nitrogens is 2. The van der Waals surface area contributed by atoms with E-state index in [0.717, 1.165) is 102 Å². The van der Waals surface area contributed by atoms with E-state index in [1.807, 2.05) is 24.3 Å². The van der Waals surface area contributed by atoms with Crippen LogP contribution in [0, 0.1) is 0 Å². The van der Waals surface area contributed by atoms with Gasteiger partial charge < -0.3 is 35.0 Å². The van der Waals surface area contributed by atoms with E-state index in [4.69, 9.17) is 9.72 Å². The van der Waals surface area contributed by atoms with Gasteiger partial charge in [-0.1, -0.05) is 44.0 Å². The van der Waals surface area contributed by atoms with Crippen LogP contribution < -0.4 is 30.5 Å². The molecule has 5 heterocycles. The van der Waals surface area contributed by atoms with Crippen LogP contribution in [0.4, 0.5) is 23.1 Å². The highest BCUT2D eigenvalue weighted by molar-refractivity contribution is 6.04. The first-order chi connectivity index (χ1) is 28.7. The van der Waals surface area contributed by atoms with E-state index in [1.165, 1.54) is 5.56 Å². The molecule has 4 amide bonds. The van der Waals surface area contributed by atoms with Crippen LogP contribution in [0.2, 0.25) is 0 Å². The maximum absolute atomic E-state index is 13.5. The predicted octanol–water partition coefficient (Wildman–Crippen LogP) is 5.15. The van der Waals surface area contributed by atoms with E-state index in [-0.39, 0.29) is 47.7 Å². The fraction of sp³-hybridized carbons (Fsp3) is 0.556. The zero-order valence-corrected chi connectivity index (χ0v) is 34.8. The zero-order chi connectivity index (χ0) is 41.0. The third-order valence-corrected chi connectivity index (χ3v) is 13.4. The van der Waals surface area contributed by atoms with Crippen molar-refractivity contribution < 1.29 is 23.9 Å². The molecule has 0 spiro atoms. The quantitative estimate of drug-likeness (QED) is 0.209. The summed E-state index contributed by atoms with van der Waals surface area (Å²) in [4.78, 5) is 69.2. The van der Waals surface area contributed by atoms with Crippen molar-refractivity contribution in [1.82, 2.24) is 30.4 Å². The number of methoxy groups -OCH3 is 1. The minimum Gasteiger partial charge on any atom is -0.495 e. The third kappa shape index (κ3) is 8.94. The molecule has 1 saturated carbocycles. The van der Waals surface area contributed by atoms with Crippen molar-refractivity contribution in [1.29, 1.82) is 0 Å². The first kappa shape index (κ1) is 40.7. The van der Waals surface area contributed by atoms with Crippen molar-refractivity contribution in [2.45, 2.75) is 114 Å². The van der Waals surface area contributed by atoms with Crippen LogP contribution in [0.5, 0.6) is 5.75 Å². The fourth-order valence-corrected chi connectivity index (χ4v) is 9.90. The minimum atomic E-state index is -0.249. The Morgan fingerprint density at radius 2 is 1.66 bits per heavy atom. The van der Waals surface area contributed by atoms with Gasteiger partial charge in [-0.05, 0) is 100 Å². The van der Waals surface area contributed by atoms with Gasteiger partial charge in [0, 0.05) is 56.8 Å². The molecule has 4 fully saturated rings. The van der Waals surface area contributed by atoms with Crippen molar-refractivity contribution in [3.05, 3.63) is 65.4 Å². The Balaban J connectivity index is 0.798. The van der Waals surface area contributed by atoms with Gasteiger partial charge in [-0.25, -0.2) is 4.98 Å². The number of rotatable bonds is 12. The number of nitrogens with one attached hydrogen (secondary N) is 3. The lowest BCUT2D eigenvalue weighted by molar-refractivity contribution is -0.134. The number of hydrogen-bond donors (Lipinski definition) is 3. The van der Waals surface area contributed by atoms with Gasteiger partial charge in [0.15, 0.2) is 5.82 Å². The molecule has 59 heavy (non-hydrogen) atoms. The second kappa shape index (κ2) is 18.0. The molecule has 8 rings (SSSR count). The summed E-state index contributed by atoms with van der Waals surface area (Å²) >= 11 is 0. The van der Waals surface area contributed by atoms with Crippen molar-refractivity contribution in [3.63, 3.8) is 0 Å². The molecule has 3 N–H and O–H groups in total. The molecular weight excluding hydrogens is 747 g/mol. The Hall–Kier alpha value is -5.08. The summed E-state index contributed by atoms with van der Waals surface area (Å²) in [5.41, 5.74) is 4.16. The highest BCUT2D eigenvalue weighted by atomic mass is 16.5. The number of amides is 4. The van der Waals surface area contributed by atoms with Crippen molar-refractivity contribution in [2.24, 2.45) is 0 Å². The number of likely N-dealkylation sites (N-methyl/N-ethyl adjacent to an activating group) is 1. The van der Waals surface area contributed by atoms with Gasteiger partial charge in [0.2, 0.25) is 23.7 Å². The number of ether oxygens (including phenoxy) is 1. The summed E-state index contributed by atoms with van der Waals surface area (Å²) in [5, 5.41) is 9.06. The van der Waals surface area contributed by atoms with Crippen LogP contribution in [-0.2, 0) is 20.8 Å². The topological polar surface area (TPSA) is 152 Å². The maximum atomic E-state index is 13.5. The van der Waals surface area contributed by atoms with Gasteiger partial charge in [0.1, 0.15) is 17.5 Å². The first-order valence-electron chi connectivity index (χ1n) is 21.8. The highest BCUT2D eigenvalue weighted by Crippen LogP contribution is 2.40. The summed E-state index contributed by atoms with van der Waals surface area (Å²) in [6.45, 7) is 7.18. The van der Waals surface area contributed by atoms with E-state index in [9.17, 15) is 19.2 Å². The van der Waals surface area contributed by atoms with E-state index in [0.29, 0.717) is 53.9 Å². The smallest absolute Gasteiger partial charge is 0.251 e. The van der Waals surface area contributed by atoms with E-state index in [2.05, 4.69) is 54.7 Å². The number of fused-ring (bicyclic) bond motifs is 1. The monoisotopic (exact) mass is 805 g/mol. The Morgan fingerprint density at radius 1 is 0.915 bits per heavy atom. The Kier molecular flexibility index (Phi) is 12.4. The zero-order valence-electron chi connectivity index (χ0n) is 34.8. The molecule has 5 aliphatic rings. The first-order valence-corrected chi connectivity index (χ1v) is 21.8.